The highest BCUT2D eigenvalue weighted by Gasteiger charge is 2.34. The van der Waals surface area contributed by atoms with Crippen LogP contribution in [0.3, 0.4) is 0 Å². The summed E-state index contributed by atoms with van der Waals surface area (Å²) in [7, 11) is 0. The summed E-state index contributed by atoms with van der Waals surface area (Å²) in [6.45, 7) is 4.27. The fourth-order valence-electron chi connectivity index (χ4n) is 2.48. The molecule has 0 unspecified atom stereocenters. The molecule has 0 bridgehead atoms. The van der Waals surface area contributed by atoms with Gasteiger partial charge in [0.05, 0.1) is 12.1 Å². The van der Waals surface area contributed by atoms with Crippen LogP contribution in [-0.4, -0.2) is 46.7 Å². The van der Waals surface area contributed by atoms with Gasteiger partial charge in [-0.3, -0.25) is 4.68 Å². The molecule has 1 aliphatic rings. The van der Waals surface area contributed by atoms with Crippen LogP contribution in [0.2, 0.25) is 0 Å². The van der Waals surface area contributed by atoms with Gasteiger partial charge in [0.15, 0.2) is 5.69 Å². The molecule has 1 aliphatic heterocycles. The van der Waals surface area contributed by atoms with Gasteiger partial charge in [-0.25, -0.2) is 0 Å². The third-order valence-electron chi connectivity index (χ3n) is 3.68. The van der Waals surface area contributed by atoms with Crippen molar-refractivity contribution in [3.05, 3.63) is 17.5 Å². The fraction of sp³-hybridized carbons (Fsp3) is 0.769. The maximum Gasteiger partial charge on any atom is 0.435 e. The smallest absolute Gasteiger partial charge is 0.387 e. The summed E-state index contributed by atoms with van der Waals surface area (Å²) in [4.78, 5) is 0. The fourth-order valence-corrected chi connectivity index (χ4v) is 2.48. The summed E-state index contributed by atoms with van der Waals surface area (Å²) in [6.07, 6.45) is -2.76. The van der Waals surface area contributed by atoms with Gasteiger partial charge in [0.1, 0.15) is 0 Å². The van der Waals surface area contributed by atoms with Gasteiger partial charge in [-0.1, -0.05) is 0 Å². The van der Waals surface area contributed by atoms with Crippen molar-refractivity contribution < 1.29 is 18.3 Å². The van der Waals surface area contributed by atoms with Crippen molar-refractivity contribution in [2.75, 3.05) is 26.2 Å². The largest absolute Gasteiger partial charge is 0.435 e. The van der Waals surface area contributed by atoms with Crippen LogP contribution in [-0.2, 0) is 12.7 Å². The van der Waals surface area contributed by atoms with E-state index in [1.165, 1.54) is 4.68 Å². The Labute approximate surface area is 121 Å². The van der Waals surface area contributed by atoms with Crippen molar-refractivity contribution in [1.29, 1.82) is 0 Å². The number of halogens is 3. The van der Waals surface area contributed by atoms with E-state index in [0.29, 0.717) is 31.9 Å². The summed E-state index contributed by atoms with van der Waals surface area (Å²) < 4.78 is 38.9. The zero-order valence-electron chi connectivity index (χ0n) is 12.0. The zero-order chi connectivity index (χ0) is 15.5. The Balaban J connectivity index is 1.80. The Hall–Kier alpha value is -1.12. The molecule has 1 aromatic rings. The first-order valence-corrected chi connectivity index (χ1v) is 7.06. The second-order valence-corrected chi connectivity index (χ2v) is 5.57. The summed E-state index contributed by atoms with van der Waals surface area (Å²) in [6, 6.07) is 1.04. The predicted octanol–water partition coefficient (Wildman–Crippen LogP) is 0.914. The molecule has 0 amide bonds. The second kappa shape index (κ2) is 6.33. The molecule has 1 atom stereocenters. The van der Waals surface area contributed by atoms with Gasteiger partial charge in [0.2, 0.25) is 0 Å². The highest BCUT2D eigenvalue weighted by molar-refractivity contribution is 5.11. The van der Waals surface area contributed by atoms with Crippen LogP contribution in [0.25, 0.3) is 0 Å². The molecular weight excluding hydrogens is 285 g/mol. The van der Waals surface area contributed by atoms with Crippen molar-refractivity contribution in [1.82, 2.24) is 20.4 Å². The van der Waals surface area contributed by atoms with Crippen molar-refractivity contribution in [2.45, 2.75) is 38.1 Å². The maximum atomic E-state index is 12.5. The molecule has 120 valence electrons. The van der Waals surface area contributed by atoms with Crippen molar-refractivity contribution in [3.8, 4) is 0 Å². The third-order valence-corrected chi connectivity index (χ3v) is 3.68. The molecule has 0 aliphatic carbocycles. The molecule has 0 radical (unpaired) electrons. The van der Waals surface area contributed by atoms with Crippen LogP contribution in [0.1, 0.15) is 24.2 Å². The SMILES string of the molecule is Cc1cc(C(F)(F)F)nn1CCNC[C@@]1(O)CCCNC1. The number of nitrogens with one attached hydrogen (secondary N) is 2. The maximum absolute atomic E-state index is 12.5. The van der Waals surface area contributed by atoms with Gasteiger partial charge in [-0.2, -0.15) is 18.3 Å². The highest BCUT2D eigenvalue weighted by atomic mass is 19.4. The molecule has 0 saturated carbocycles. The minimum absolute atomic E-state index is 0.339. The normalized spacial score (nSPS) is 23.5. The number of aromatic nitrogens is 2. The van der Waals surface area contributed by atoms with Crippen LogP contribution in [0.5, 0.6) is 0 Å². The lowest BCUT2D eigenvalue weighted by molar-refractivity contribution is -0.141. The molecule has 1 fully saturated rings. The van der Waals surface area contributed by atoms with Crippen molar-refractivity contribution in [2.24, 2.45) is 0 Å². The van der Waals surface area contributed by atoms with E-state index in [4.69, 9.17) is 0 Å². The van der Waals surface area contributed by atoms with E-state index in [2.05, 4.69) is 15.7 Å². The van der Waals surface area contributed by atoms with Crippen LogP contribution in [0, 0.1) is 6.92 Å². The topological polar surface area (TPSA) is 62.1 Å². The van der Waals surface area contributed by atoms with Crippen LogP contribution >= 0.6 is 0 Å². The third kappa shape index (κ3) is 4.42. The predicted molar refractivity (Wildman–Crippen MR) is 71.9 cm³/mol. The Morgan fingerprint density at radius 2 is 2.29 bits per heavy atom. The second-order valence-electron chi connectivity index (χ2n) is 5.57. The zero-order valence-corrected chi connectivity index (χ0v) is 12.0. The number of hydrogen-bond acceptors (Lipinski definition) is 4. The molecule has 2 rings (SSSR count). The lowest BCUT2D eigenvalue weighted by Crippen LogP contribution is -2.52. The summed E-state index contributed by atoms with van der Waals surface area (Å²) >= 11 is 0. The van der Waals surface area contributed by atoms with Crippen LogP contribution < -0.4 is 10.6 Å². The van der Waals surface area contributed by atoms with Crippen LogP contribution in [0.4, 0.5) is 13.2 Å². The average molecular weight is 306 g/mol. The number of rotatable bonds is 5. The number of alkyl halides is 3. The highest BCUT2D eigenvalue weighted by Crippen LogP contribution is 2.28. The van der Waals surface area contributed by atoms with Gasteiger partial charge < -0.3 is 15.7 Å². The van der Waals surface area contributed by atoms with E-state index in [1.54, 1.807) is 6.92 Å². The molecule has 8 heteroatoms. The number of nitrogens with zero attached hydrogens (tertiary/aromatic N) is 2. The van der Waals surface area contributed by atoms with E-state index >= 15 is 0 Å². The first-order valence-electron chi connectivity index (χ1n) is 7.06. The van der Waals surface area contributed by atoms with Crippen LogP contribution in [0.15, 0.2) is 6.07 Å². The molecule has 0 spiro atoms. The van der Waals surface area contributed by atoms with E-state index in [1.807, 2.05) is 0 Å². The van der Waals surface area contributed by atoms with Gasteiger partial charge >= 0.3 is 6.18 Å². The summed E-state index contributed by atoms with van der Waals surface area (Å²) in [5, 5.41) is 20.0. The number of aryl methyl sites for hydroxylation is 1. The van der Waals surface area contributed by atoms with E-state index < -0.39 is 17.5 Å². The molecule has 0 aromatic carbocycles. The monoisotopic (exact) mass is 306 g/mol. The lowest BCUT2D eigenvalue weighted by atomic mass is 9.94. The number of piperidine rings is 1. The Morgan fingerprint density at radius 1 is 1.52 bits per heavy atom. The molecule has 21 heavy (non-hydrogen) atoms. The molecule has 3 N–H and O–H groups in total. The number of β-amino-alcohol motifs (C(OH)–C–C–N with tert-alkyl or cyclic N) is 1. The molecule has 5 nitrogen and oxygen atoms in total. The standard InChI is InChI=1S/C13H21F3N4O/c1-10-7-11(13(14,15)16)19-20(10)6-5-18-9-12(21)3-2-4-17-8-12/h7,17-18,21H,2-6,8-9H2,1H3/t12-/m1/s1. The van der Waals surface area contributed by atoms with E-state index in [0.717, 1.165) is 25.5 Å². The minimum atomic E-state index is -4.41. The van der Waals surface area contributed by atoms with E-state index in [9.17, 15) is 18.3 Å². The lowest BCUT2D eigenvalue weighted by Gasteiger charge is -2.32. The quantitative estimate of drug-likeness (QED) is 0.708. The van der Waals surface area contributed by atoms with Gasteiger partial charge in [-0.15, -0.1) is 0 Å². The molecule has 1 aromatic heterocycles. The molecular formula is C13H21F3N4O. The van der Waals surface area contributed by atoms with Crippen molar-refractivity contribution in [3.63, 3.8) is 0 Å². The first kappa shape index (κ1) is 16.3. The average Bonchev–Trinajstić information content (AvgIpc) is 2.77. The summed E-state index contributed by atoms with van der Waals surface area (Å²) in [5.41, 5.74) is -1.16. The van der Waals surface area contributed by atoms with Gasteiger partial charge in [0, 0.05) is 25.3 Å². The van der Waals surface area contributed by atoms with Gasteiger partial charge in [-0.05, 0) is 32.4 Å². The number of aliphatic hydroxyl groups is 1. The minimum Gasteiger partial charge on any atom is -0.387 e. The van der Waals surface area contributed by atoms with E-state index in [-0.39, 0.29) is 0 Å². The molecule has 2 heterocycles. The Morgan fingerprint density at radius 3 is 2.86 bits per heavy atom. The first-order chi connectivity index (χ1) is 9.80. The Kier molecular flexibility index (Phi) is 4.90. The molecule has 1 saturated heterocycles. The van der Waals surface area contributed by atoms with Crippen molar-refractivity contribution >= 4 is 0 Å². The van der Waals surface area contributed by atoms with Gasteiger partial charge in [0.25, 0.3) is 0 Å². The Bertz CT molecular complexity index is 466. The summed E-state index contributed by atoms with van der Waals surface area (Å²) in [5.74, 6) is 0. The number of hydrogen-bond donors (Lipinski definition) is 3.